The molecule has 0 radical (unpaired) electrons. The minimum atomic E-state index is -0.551. The van der Waals surface area contributed by atoms with Crippen molar-refractivity contribution in [1.82, 2.24) is 0 Å². The first kappa shape index (κ1) is 17.2. The molecule has 3 rings (SSSR count). The second-order valence-electron chi connectivity index (χ2n) is 5.84. The summed E-state index contributed by atoms with van der Waals surface area (Å²) in [6.45, 7) is 0.729. The van der Waals surface area contributed by atoms with Crippen molar-refractivity contribution in [2.45, 2.75) is 12.8 Å². The maximum Gasteiger partial charge on any atom is 0.269 e. The molecular formula is C19H16N4O3. The number of benzene rings is 2. The van der Waals surface area contributed by atoms with Crippen LogP contribution in [0.3, 0.4) is 0 Å². The number of nitro benzene ring substituents is 1. The molecule has 7 heteroatoms. The molecule has 2 aromatic carbocycles. The van der Waals surface area contributed by atoms with Gasteiger partial charge in [0.2, 0.25) is 0 Å². The number of nitro groups is 1. The summed E-state index contributed by atoms with van der Waals surface area (Å²) >= 11 is 0. The first-order valence-corrected chi connectivity index (χ1v) is 8.11. The quantitative estimate of drug-likeness (QED) is 0.395. The molecule has 0 saturated carbocycles. The third kappa shape index (κ3) is 3.70. The van der Waals surface area contributed by atoms with Gasteiger partial charge in [-0.2, -0.15) is 5.26 Å². The zero-order chi connectivity index (χ0) is 18.5. The number of rotatable bonds is 4. The van der Waals surface area contributed by atoms with Crippen molar-refractivity contribution in [1.29, 1.82) is 5.26 Å². The van der Waals surface area contributed by atoms with Gasteiger partial charge in [0.1, 0.15) is 11.6 Å². The Morgan fingerprint density at radius 2 is 1.96 bits per heavy atom. The summed E-state index contributed by atoms with van der Waals surface area (Å²) in [4.78, 5) is 24.5. The zero-order valence-electron chi connectivity index (χ0n) is 13.9. The lowest BCUT2D eigenvalue weighted by Gasteiger charge is -2.28. The third-order valence-corrected chi connectivity index (χ3v) is 4.13. The van der Waals surface area contributed by atoms with E-state index in [1.165, 1.54) is 29.8 Å². The molecule has 0 saturated heterocycles. The van der Waals surface area contributed by atoms with E-state index in [-0.39, 0.29) is 11.3 Å². The fourth-order valence-corrected chi connectivity index (χ4v) is 2.86. The van der Waals surface area contributed by atoms with Gasteiger partial charge < -0.3 is 10.2 Å². The first-order chi connectivity index (χ1) is 12.6. The maximum absolute atomic E-state index is 12.4. The number of aryl methyl sites for hydroxylation is 1. The van der Waals surface area contributed by atoms with Gasteiger partial charge in [-0.1, -0.05) is 18.2 Å². The molecule has 2 aromatic rings. The Balaban J connectivity index is 1.78. The van der Waals surface area contributed by atoms with Crippen LogP contribution >= 0.6 is 0 Å². The normalized spacial score (nSPS) is 13.5. The van der Waals surface area contributed by atoms with Crippen LogP contribution in [0.4, 0.5) is 17.1 Å². The highest BCUT2D eigenvalue weighted by molar-refractivity contribution is 6.06. The molecule has 0 fully saturated rings. The number of anilines is 2. The molecule has 1 amide bonds. The van der Waals surface area contributed by atoms with E-state index >= 15 is 0 Å². The Morgan fingerprint density at radius 1 is 1.23 bits per heavy atom. The van der Waals surface area contributed by atoms with Crippen molar-refractivity contribution in [3.8, 4) is 6.07 Å². The number of carbonyl (C=O) groups excluding carboxylic acids is 1. The second-order valence-corrected chi connectivity index (χ2v) is 5.84. The number of hydrogen-bond donors (Lipinski definition) is 1. The Hall–Kier alpha value is -3.66. The van der Waals surface area contributed by atoms with Gasteiger partial charge in [-0.25, -0.2) is 0 Å². The smallest absolute Gasteiger partial charge is 0.269 e. The van der Waals surface area contributed by atoms with Crippen molar-refractivity contribution < 1.29 is 9.72 Å². The fraction of sp³-hybridized carbons (Fsp3) is 0.158. The molecule has 1 N–H and O–H groups in total. The van der Waals surface area contributed by atoms with Gasteiger partial charge in [0.15, 0.2) is 0 Å². The van der Waals surface area contributed by atoms with Crippen molar-refractivity contribution >= 4 is 23.0 Å². The van der Waals surface area contributed by atoms with Crippen LogP contribution in [0.1, 0.15) is 12.0 Å². The molecule has 0 atom stereocenters. The molecule has 130 valence electrons. The maximum atomic E-state index is 12.4. The van der Waals surface area contributed by atoms with E-state index in [1.54, 1.807) is 6.20 Å². The highest BCUT2D eigenvalue weighted by Gasteiger charge is 2.18. The van der Waals surface area contributed by atoms with Gasteiger partial charge in [0.25, 0.3) is 11.6 Å². The van der Waals surface area contributed by atoms with Crippen LogP contribution < -0.4 is 10.2 Å². The lowest BCUT2D eigenvalue weighted by Crippen LogP contribution is -2.26. The summed E-state index contributed by atoms with van der Waals surface area (Å²) in [5, 5.41) is 22.6. The van der Waals surface area contributed by atoms with Crippen molar-refractivity contribution in [3.63, 3.8) is 0 Å². The predicted molar refractivity (Wildman–Crippen MR) is 97.5 cm³/mol. The molecule has 0 unspecified atom stereocenters. The van der Waals surface area contributed by atoms with Crippen molar-refractivity contribution in [3.05, 3.63) is 76.0 Å². The van der Waals surface area contributed by atoms with Crippen LogP contribution in [0.25, 0.3) is 0 Å². The molecule has 7 nitrogen and oxygen atoms in total. The number of nitrogens with zero attached hydrogens (tertiary/aromatic N) is 3. The molecule has 1 aliphatic heterocycles. The summed E-state index contributed by atoms with van der Waals surface area (Å²) in [6, 6.07) is 15.3. The number of para-hydroxylation sites is 1. The number of amides is 1. The molecule has 0 aliphatic carbocycles. The fourth-order valence-electron chi connectivity index (χ4n) is 2.86. The van der Waals surface area contributed by atoms with Gasteiger partial charge in [-0.3, -0.25) is 14.9 Å². The average Bonchev–Trinajstić information content (AvgIpc) is 2.66. The number of hydrogen-bond acceptors (Lipinski definition) is 5. The molecule has 26 heavy (non-hydrogen) atoms. The monoisotopic (exact) mass is 348 g/mol. The summed E-state index contributed by atoms with van der Waals surface area (Å²) in [7, 11) is 0. The highest BCUT2D eigenvalue weighted by atomic mass is 16.6. The van der Waals surface area contributed by atoms with E-state index in [2.05, 4.69) is 5.32 Å². The minimum absolute atomic E-state index is 0.0277. The van der Waals surface area contributed by atoms with E-state index in [4.69, 9.17) is 0 Å². The summed E-state index contributed by atoms with van der Waals surface area (Å²) < 4.78 is 0. The summed E-state index contributed by atoms with van der Waals surface area (Å²) in [6.07, 6.45) is 3.46. The lowest BCUT2D eigenvalue weighted by atomic mass is 10.0. The SMILES string of the molecule is N#C/C(=C/N1CCCc2ccccc21)C(=O)Nc1ccc([N+](=O)[O-])cc1. The third-order valence-electron chi connectivity index (χ3n) is 4.13. The molecule has 0 bridgehead atoms. The van der Waals surface area contributed by atoms with E-state index in [0.29, 0.717) is 5.69 Å². The van der Waals surface area contributed by atoms with Gasteiger partial charge in [0.05, 0.1) is 4.92 Å². The van der Waals surface area contributed by atoms with Crippen LogP contribution in [-0.2, 0) is 11.2 Å². The molecule has 1 heterocycles. The zero-order valence-corrected chi connectivity index (χ0v) is 13.9. The van der Waals surface area contributed by atoms with Crippen LogP contribution in [0.2, 0.25) is 0 Å². The molecular weight excluding hydrogens is 332 g/mol. The first-order valence-electron chi connectivity index (χ1n) is 8.11. The summed E-state index contributed by atoms with van der Waals surface area (Å²) in [5.74, 6) is -0.551. The number of carbonyl (C=O) groups is 1. The Kier molecular flexibility index (Phi) is 4.94. The van der Waals surface area contributed by atoms with Crippen LogP contribution in [0.15, 0.2) is 60.3 Å². The van der Waals surface area contributed by atoms with Gasteiger partial charge >= 0.3 is 0 Å². The molecule has 1 aliphatic rings. The van der Waals surface area contributed by atoms with Gasteiger partial charge in [-0.05, 0) is 36.6 Å². The Labute approximate surface area is 150 Å². The Morgan fingerprint density at radius 3 is 2.65 bits per heavy atom. The second kappa shape index (κ2) is 7.49. The molecule has 0 spiro atoms. The van der Waals surface area contributed by atoms with Crippen LogP contribution in [0.5, 0.6) is 0 Å². The number of nitriles is 1. The van der Waals surface area contributed by atoms with E-state index in [9.17, 15) is 20.2 Å². The van der Waals surface area contributed by atoms with Gasteiger partial charge in [-0.15, -0.1) is 0 Å². The number of non-ortho nitro benzene ring substituents is 1. The van der Waals surface area contributed by atoms with Crippen molar-refractivity contribution in [2.75, 3.05) is 16.8 Å². The predicted octanol–water partition coefficient (Wildman–Crippen LogP) is 3.39. The minimum Gasteiger partial charge on any atom is -0.346 e. The number of nitrogens with one attached hydrogen (secondary N) is 1. The van der Waals surface area contributed by atoms with Crippen molar-refractivity contribution in [2.24, 2.45) is 0 Å². The number of fused-ring (bicyclic) bond motifs is 1. The van der Waals surface area contributed by atoms with Gasteiger partial charge in [0, 0.05) is 36.3 Å². The van der Waals surface area contributed by atoms with Crippen LogP contribution in [0, 0.1) is 21.4 Å². The summed E-state index contributed by atoms with van der Waals surface area (Å²) in [5.41, 5.74) is 2.47. The standard InChI is InChI=1S/C19H16N4O3/c20-12-15(13-22-11-3-5-14-4-1-2-6-18(14)22)19(24)21-16-7-9-17(10-8-16)23(25)26/h1-2,4,6-10,13H,3,5,11H2,(H,21,24)/b15-13-. The Bertz CT molecular complexity index is 913. The highest BCUT2D eigenvalue weighted by Crippen LogP contribution is 2.27. The van der Waals surface area contributed by atoms with E-state index in [0.717, 1.165) is 25.1 Å². The van der Waals surface area contributed by atoms with E-state index < -0.39 is 10.8 Å². The topological polar surface area (TPSA) is 99.3 Å². The average molecular weight is 348 g/mol. The largest absolute Gasteiger partial charge is 0.346 e. The van der Waals surface area contributed by atoms with E-state index in [1.807, 2.05) is 35.2 Å². The lowest BCUT2D eigenvalue weighted by molar-refractivity contribution is -0.384. The molecule has 0 aromatic heterocycles. The van der Waals surface area contributed by atoms with Crippen LogP contribution in [-0.4, -0.2) is 17.4 Å².